The van der Waals surface area contributed by atoms with E-state index in [9.17, 15) is 22.1 Å². The van der Waals surface area contributed by atoms with Crippen molar-refractivity contribution in [3.63, 3.8) is 0 Å². The first-order valence-corrected chi connectivity index (χ1v) is 14.8. The maximum Gasteiger partial charge on any atom is 0.395 e. The predicted molar refractivity (Wildman–Crippen MR) is 128 cm³/mol. The topological polar surface area (TPSA) is 66.8 Å². The van der Waals surface area contributed by atoms with Crippen molar-refractivity contribution in [3.8, 4) is 5.75 Å². The molecule has 2 N–H and O–H groups in total. The second-order valence-corrected chi connectivity index (χ2v) is 12.4. The van der Waals surface area contributed by atoms with Gasteiger partial charge in [-0.1, -0.05) is 50.3 Å². The highest BCUT2D eigenvalue weighted by atomic mass is 35.5. The van der Waals surface area contributed by atoms with Crippen molar-refractivity contribution < 1.29 is 36.7 Å². The van der Waals surface area contributed by atoms with Gasteiger partial charge in [0.2, 0.25) is 0 Å². The van der Waals surface area contributed by atoms with E-state index < -0.39 is 44.0 Å². The molecule has 2 fully saturated rings. The van der Waals surface area contributed by atoms with Crippen LogP contribution in [0.3, 0.4) is 0 Å². The van der Waals surface area contributed by atoms with E-state index in [1.165, 1.54) is 44.6 Å². The van der Waals surface area contributed by atoms with E-state index in [0.29, 0.717) is 11.5 Å². The van der Waals surface area contributed by atoms with E-state index in [0.717, 1.165) is 37.5 Å². The zero-order chi connectivity index (χ0) is 25.8. The zero-order valence-electron chi connectivity index (χ0n) is 20.1. The van der Waals surface area contributed by atoms with Crippen molar-refractivity contribution >= 4 is 19.2 Å². The molecule has 0 unspecified atom stereocenters. The summed E-state index contributed by atoms with van der Waals surface area (Å²) in [6.45, 7) is 1.14. The summed E-state index contributed by atoms with van der Waals surface area (Å²) in [4.78, 5) is 17.8. The smallest absolute Gasteiger partial charge is 0.395 e. The molecule has 0 heterocycles. The Balaban J connectivity index is 1.58. The number of benzene rings is 1. The minimum absolute atomic E-state index is 0.0938. The summed E-state index contributed by atoms with van der Waals surface area (Å²) in [6.07, 6.45) is 5.42. The quantitative estimate of drug-likeness (QED) is 0.244. The van der Waals surface area contributed by atoms with E-state index in [1.807, 2.05) is 0 Å². The van der Waals surface area contributed by atoms with Gasteiger partial charge in [-0.15, -0.1) is 0 Å². The lowest BCUT2D eigenvalue weighted by Crippen LogP contribution is -2.32. The monoisotopic (exact) mass is 542 g/mol. The highest BCUT2D eigenvalue weighted by molar-refractivity contribution is 7.51. The molecule has 2 aliphatic rings. The van der Waals surface area contributed by atoms with Crippen LogP contribution in [0.15, 0.2) is 12.1 Å². The Hall–Kier alpha value is -0.820. The minimum atomic E-state index is -4.93. The van der Waals surface area contributed by atoms with Crippen molar-refractivity contribution in [1.82, 2.24) is 0 Å². The Morgan fingerprint density at radius 1 is 1.06 bits per heavy atom. The number of alkyl halides is 3. The van der Waals surface area contributed by atoms with E-state index >= 15 is 0 Å². The fourth-order valence-electron chi connectivity index (χ4n) is 5.96. The molecule has 35 heavy (non-hydrogen) atoms. The summed E-state index contributed by atoms with van der Waals surface area (Å²) >= 11 is 6.27. The second kappa shape index (κ2) is 12.1. The summed E-state index contributed by atoms with van der Waals surface area (Å²) in [5.41, 5.74) is 0.643. The van der Waals surface area contributed by atoms with Crippen LogP contribution in [0.5, 0.6) is 5.75 Å². The third-order valence-electron chi connectivity index (χ3n) is 7.90. The van der Waals surface area contributed by atoms with Gasteiger partial charge in [0.05, 0.1) is 11.2 Å². The van der Waals surface area contributed by atoms with Gasteiger partial charge in [0.1, 0.15) is 12.5 Å². The summed E-state index contributed by atoms with van der Waals surface area (Å²) in [6, 6.07) is 2.87. The number of ether oxygens (including phenoxy) is 1. The maximum atomic E-state index is 14.9. The zero-order valence-corrected chi connectivity index (χ0v) is 21.7. The molecular weight excluding hydrogens is 507 g/mol. The van der Waals surface area contributed by atoms with Gasteiger partial charge in [-0.05, 0) is 73.8 Å². The van der Waals surface area contributed by atoms with Crippen LogP contribution in [-0.2, 0) is 4.57 Å². The molecule has 0 aromatic heterocycles. The van der Waals surface area contributed by atoms with E-state index in [-0.39, 0.29) is 10.9 Å². The summed E-state index contributed by atoms with van der Waals surface area (Å²) in [5.74, 6) is -1.38. The van der Waals surface area contributed by atoms with Gasteiger partial charge in [0.25, 0.3) is 0 Å². The molecule has 0 radical (unpaired) electrons. The molecule has 200 valence electrons. The van der Waals surface area contributed by atoms with Gasteiger partial charge in [-0.3, -0.25) is 4.57 Å². The SMILES string of the molecule is CCCC1CCC(C2CCC(c3ccc(OC[C@H](CP(=O)(O)O)C(F)(F)F)c(F)c3Cl)CC2)CC1. The van der Waals surface area contributed by atoms with Gasteiger partial charge in [-0.25, -0.2) is 4.39 Å². The van der Waals surface area contributed by atoms with Crippen LogP contribution in [0, 0.1) is 29.5 Å². The largest absolute Gasteiger partial charge is 0.490 e. The molecule has 0 spiro atoms. The third-order valence-corrected chi connectivity index (χ3v) is 9.21. The van der Waals surface area contributed by atoms with Crippen LogP contribution >= 0.6 is 19.2 Å². The van der Waals surface area contributed by atoms with Crippen molar-refractivity contribution in [2.24, 2.45) is 23.7 Å². The van der Waals surface area contributed by atoms with Crippen LogP contribution in [0.2, 0.25) is 5.02 Å². The van der Waals surface area contributed by atoms with Gasteiger partial charge < -0.3 is 14.5 Å². The van der Waals surface area contributed by atoms with Crippen LogP contribution in [0.4, 0.5) is 17.6 Å². The molecule has 1 atom stereocenters. The Labute approximate surface area is 209 Å². The molecular formula is C25H36ClF4O4P. The standard InChI is InChI=1S/C25H36ClF4O4P/c1-2-3-16-4-6-17(7-5-16)18-8-10-19(11-9-18)21-12-13-22(24(27)23(21)26)34-14-20(25(28,29)30)15-35(31,32)33/h12-13,16-20H,2-11,14-15H2,1H3,(H2,31,32,33)/t16?,17?,18?,19?,20-/m1/s1. The fourth-order valence-corrected chi connectivity index (χ4v) is 7.16. The molecule has 10 heteroatoms. The number of hydrogen-bond donors (Lipinski definition) is 2. The Bertz CT molecular complexity index is 875. The summed E-state index contributed by atoms with van der Waals surface area (Å²) in [5, 5.41) is -0.149. The molecule has 0 saturated heterocycles. The molecule has 4 nitrogen and oxygen atoms in total. The second-order valence-electron chi connectivity index (χ2n) is 10.4. The Kier molecular flexibility index (Phi) is 9.98. The molecule has 0 amide bonds. The normalized spacial score (nSPS) is 27.0. The number of rotatable bonds is 9. The first kappa shape index (κ1) is 28.7. The van der Waals surface area contributed by atoms with E-state index in [1.54, 1.807) is 6.07 Å². The van der Waals surface area contributed by atoms with Crippen LogP contribution in [0.25, 0.3) is 0 Å². The molecule has 1 aromatic carbocycles. The molecule has 0 aliphatic heterocycles. The van der Waals surface area contributed by atoms with E-state index in [4.69, 9.17) is 26.1 Å². The van der Waals surface area contributed by atoms with Crippen molar-refractivity contribution in [2.45, 2.75) is 83.2 Å². The molecule has 1 aromatic rings. The van der Waals surface area contributed by atoms with Gasteiger partial charge in [0.15, 0.2) is 11.6 Å². The average molecular weight is 543 g/mol. The highest BCUT2D eigenvalue weighted by Crippen LogP contribution is 2.47. The molecule has 0 bridgehead atoms. The number of hydrogen-bond acceptors (Lipinski definition) is 2. The van der Waals surface area contributed by atoms with E-state index in [2.05, 4.69) is 6.92 Å². The molecule has 2 aliphatic carbocycles. The average Bonchev–Trinajstić information content (AvgIpc) is 2.79. The van der Waals surface area contributed by atoms with Crippen LogP contribution < -0.4 is 4.74 Å². The predicted octanol–water partition coefficient (Wildman–Crippen LogP) is 8.09. The molecule has 3 rings (SSSR count). The lowest BCUT2D eigenvalue weighted by atomic mass is 9.68. The third kappa shape index (κ3) is 8.08. The van der Waals surface area contributed by atoms with Crippen LogP contribution in [0.1, 0.15) is 82.6 Å². The number of halogens is 5. The fraction of sp³-hybridized carbons (Fsp3) is 0.760. The summed E-state index contributed by atoms with van der Waals surface area (Å²) in [7, 11) is -4.93. The van der Waals surface area contributed by atoms with Gasteiger partial charge >= 0.3 is 13.8 Å². The maximum absolute atomic E-state index is 14.9. The van der Waals surface area contributed by atoms with Crippen molar-refractivity contribution in [2.75, 3.05) is 12.8 Å². The molecule has 2 saturated carbocycles. The summed E-state index contributed by atoms with van der Waals surface area (Å²) < 4.78 is 70.3. The van der Waals surface area contributed by atoms with Gasteiger partial charge in [-0.2, -0.15) is 13.2 Å². The first-order valence-electron chi connectivity index (χ1n) is 12.6. The Morgan fingerprint density at radius 3 is 2.14 bits per heavy atom. The van der Waals surface area contributed by atoms with Crippen molar-refractivity contribution in [1.29, 1.82) is 0 Å². The van der Waals surface area contributed by atoms with Crippen LogP contribution in [-0.4, -0.2) is 28.7 Å². The van der Waals surface area contributed by atoms with Gasteiger partial charge in [0, 0.05) is 0 Å². The van der Waals surface area contributed by atoms with Crippen molar-refractivity contribution in [3.05, 3.63) is 28.5 Å². The highest BCUT2D eigenvalue weighted by Gasteiger charge is 2.44. The minimum Gasteiger partial charge on any atom is -0.490 e. The first-order chi connectivity index (χ1) is 16.4. The lowest BCUT2D eigenvalue weighted by Gasteiger charge is -2.38. The Morgan fingerprint density at radius 2 is 1.63 bits per heavy atom. The lowest BCUT2D eigenvalue weighted by molar-refractivity contribution is -0.176.